The third-order valence-electron chi connectivity index (χ3n) is 8.07. The molecular weight excluding hydrogens is 496 g/mol. The molecule has 0 saturated heterocycles. The standard InChI is InChI=1S/C40H54O/c1-30(18-13-20-32(3)23-25-37-34(5)22-15-27-39(37,7)8)16-11-12-17-31(2)19-14-21-33(4)24-26-38-35(6)28-36(41)29-40(38,9)10/h11-21,23-26,36-37,41H,27-29H2,1-10H3/b12-11+,18-13+,19-14+,25-23+,26-24+,30-16+,31-17+,32-20+,33-21+/t36-,37+/m1/s1. The molecule has 0 bridgehead atoms. The summed E-state index contributed by atoms with van der Waals surface area (Å²) in [6.45, 7) is 21.9. The summed E-state index contributed by atoms with van der Waals surface area (Å²) in [6.07, 6.45) is 34.8. The summed E-state index contributed by atoms with van der Waals surface area (Å²) in [7, 11) is 0. The van der Waals surface area contributed by atoms with Crippen LogP contribution in [0.15, 0.2) is 136 Å². The first-order valence-electron chi connectivity index (χ1n) is 15.1. The van der Waals surface area contributed by atoms with E-state index in [2.05, 4.69) is 166 Å². The van der Waals surface area contributed by atoms with Crippen molar-refractivity contribution < 1.29 is 5.11 Å². The molecular formula is C40H54O. The summed E-state index contributed by atoms with van der Waals surface area (Å²) in [5.41, 5.74) is 12.5. The zero-order valence-electron chi connectivity index (χ0n) is 27.4. The minimum absolute atomic E-state index is 0.0108. The van der Waals surface area contributed by atoms with Crippen LogP contribution in [0.25, 0.3) is 0 Å². The van der Waals surface area contributed by atoms with E-state index in [-0.39, 0.29) is 16.9 Å². The van der Waals surface area contributed by atoms with Crippen LogP contribution in [0.3, 0.4) is 0 Å². The fourth-order valence-electron chi connectivity index (χ4n) is 5.67. The first-order chi connectivity index (χ1) is 19.2. The quantitative estimate of drug-likeness (QED) is 0.212. The lowest BCUT2D eigenvalue weighted by molar-refractivity contribution is 0.116. The van der Waals surface area contributed by atoms with Crippen molar-refractivity contribution in [2.24, 2.45) is 16.7 Å². The predicted molar refractivity (Wildman–Crippen MR) is 182 cm³/mol. The van der Waals surface area contributed by atoms with Gasteiger partial charge in [-0.15, -0.1) is 5.73 Å². The summed E-state index contributed by atoms with van der Waals surface area (Å²) in [5, 5.41) is 10.1. The molecule has 1 N–H and O–H groups in total. The molecule has 220 valence electrons. The zero-order chi connectivity index (χ0) is 30.6. The van der Waals surface area contributed by atoms with E-state index in [0.717, 1.165) is 19.3 Å². The Morgan fingerprint density at radius 3 is 1.83 bits per heavy atom. The second kappa shape index (κ2) is 15.8. The van der Waals surface area contributed by atoms with Crippen molar-refractivity contribution in [2.45, 2.75) is 94.6 Å². The highest BCUT2D eigenvalue weighted by Crippen LogP contribution is 2.41. The maximum absolute atomic E-state index is 10.1. The predicted octanol–water partition coefficient (Wildman–Crippen LogP) is 11.2. The van der Waals surface area contributed by atoms with E-state index in [1.165, 1.54) is 39.0 Å². The van der Waals surface area contributed by atoms with Gasteiger partial charge in [0, 0.05) is 5.92 Å². The number of rotatable bonds is 10. The highest BCUT2D eigenvalue weighted by Gasteiger charge is 2.31. The fourth-order valence-corrected chi connectivity index (χ4v) is 5.67. The van der Waals surface area contributed by atoms with Gasteiger partial charge in [0.1, 0.15) is 0 Å². The van der Waals surface area contributed by atoms with Crippen molar-refractivity contribution >= 4 is 0 Å². The second-order valence-electron chi connectivity index (χ2n) is 13.3. The molecule has 1 heteroatoms. The van der Waals surface area contributed by atoms with Crippen LogP contribution in [0.1, 0.15) is 88.5 Å². The van der Waals surface area contributed by atoms with E-state index in [0.29, 0.717) is 5.92 Å². The number of hydrogen-bond donors (Lipinski definition) is 1. The fraction of sp³-hybridized carbons (Fsp3) is 0.425. The van der Waals surface area contributed by atoms with Crippen LogP contribution in [-0.4, -0.2) is 11.2 Å². The molecule has 0 fully saturated rings. The van der Waals surface area contributed by atoms with Crippen LogP contribution < -0.4 is 0 Å². The molecule has 0 aliphatic heterocycles. The lowest BCUT2D eigenvalue weighted by Gasteiger charge is -2.35. The Bertz CT molecular complexity index is 1290. The van der Waals surface area contributed by atoms with Crippen LogP contribution in [0.5, 0.6) is 0 Å². The first-order valence-corrected chi connectivity index (χ1v) is 15.1. The normalized spacial score (nSPS) is 24.7. The number of aliphatic hydroxyl groups is 1. The molecule has 0 radical (unpaired) electrons. The Labute approximate surface area is 251 Å². The van der Waals surface area contributed by atoms with Gasteiger partial charge in [0.05, 0.1) is 6.10 Å². The van der Waals surface area contributed by atoms with E-state index in [1.807, 2.05) is 0 Å². The Morgan fingerprint density at radius 1 is 0.780 bits per heavy atom. The van der Waals surface area contributed by atoms with E-state index >= 15 is 0 Å². The van der Waals surface area contributed by atoms with Gasteiger partial charge >= 0.3 is 0 Å². The topological polar surface area (TPSA) is 20.2 Å². The number of hydrogen-bond acceptors (Lipinski definition) is 1. The van der Waals surface area contributed by atoms with Crippen molar-refractivity contribution in [3.05, 3.63) is 136 Å². The smallest absolute Gasteiger partial charge is 0.0585 e. The van der Waals surface area contributed by atoms with Gasteiger partial charge in [0.2, 0.25) is 0 Å². The van der Waals surface area contributed by atoms with Gasteiger partial charge in [0.15, 0.2) is 0 Å². The number of aliphatic hydroxyl groups excluding tert-OH is 1. The molecule has 0 amide bonds. The maximum atomic E-state index is 10.1. The maximum Gasteiger partial charge on any atom is 0.0585 e. The summed E-state index contributed by atoms with van der Waals surface area (Å²) < 4.78 is 0. The molecule has 1 nitrogen and oxygen atoms in total. The lowest BCUT2D eigenvalue weighted by Crippen LogP contribution is -2.28. The van der Waals surface area contributed by atoms with Crippen molar-refractivity contribution in [1.82, 2.24) is 0 Å². The van der Waals surface area contributed by atoms with Crippen molar-refractivity contribution in [3.8, 4) is 0 Å². The van der Waals surface area contributed by atoms with Crippen molar-refractivity contribution in [3.63, 3.8) is 0 Å². The highest BCUT2D eigenvalue weighted by molar-refractivity contribution is 5.38. The van der Waals surface area contributed by atoms with Crippen molar-refractivity contribution in [1.29, 1.82) is 0 Å². The average molecular weight is 551 g/mol. The molecule has 0 aromatic carbocycles. The Morgan fingerprint density at radius 2 is 1.29 bits per heavy atom. The van der Waals surface area contributed by atoms with Crippen LogP contribution in [0, 0.1) is 16.7 Å². The van der Waals surface area contributed by atoms with Crippen LogP contribution in [0.2, 0.25) is 0 Å². The molecule has 2 aliphatic carbocycles. The molecule has 41 heavy (non-hydrogen) atoms. The van der Waals surface area contributed by atoms with Gasteiger partial charge in [-0.25, -0.2) is 0 Å². The summed E-state index contributed by atoms with van der Waals surface area (Å²) >= 11 is 0. The molecule has 0 spiro atoms. The van der Waals surface area contributed by atoms with Crippen LogP contribution in [-0.2, 0) is 0 Å². The van der Waals surface area contributed by atoms with Crippen LogP contribution >= 0.6 is 0 Å². The third-order valence-corrected chi connectivity index (χ3v) is 8.07. The summed E-state index contributed by atoms with van der Waals surface area (Å²) in [5.74, 6) is 0.438. The van der Waals surface area contributed by atoms with Gasteiger partial charge < -0.3 is 5.11 Å². The molecule has 0 heterocycles. The molecule has 2 aliphatic rings. The van der Waals surface area contributed by atoms with Gasteiger partial charge in [-0.1, -0.05) is 141 Å². The third kappa shape index (κ3) is 11.7. The summed E-state index contributed by atoms with van der Waals surface area (Å²) in [6, 6.07) is 0. The second-order valence-corrected chi connectivity index (χ2v) is 13.3. The molecule has 0 unspecified atom stereocenters. The minimum Gasteiger partial charge on any atom is -0.393 e. The van der Waals surface area contributed by atoms with E-state index < -0.39 is 0 Å². The Balaban J connectivity index is 1.89. The summed E-state index contributed by atoms with van der Waals surface area (Å²) in [4.78, 5) is 0. The molecule has 0 aromatic heterocycles. The van der Waals surface area contributed by atoms with Gasteiger partial charge in [-0.3, -0.25) is 0 Å². The van der Waals surface area contributed by atoms with E-state index in [1.54, 1.807) is 0 Å². The van der Waals surface area contributed by atoms with Gasteiger partial charge in [-0.2, -0.15) is 0 Å². The molecule has 2 atom stereocenters. The average Bonchev–Trinajstić information content (AvgIpc) is 2.84. The Hall–Kier alpha value is -3.12. The SMILES string of the molecule is CC1=C=CCC(C)(C)[C@H]1/C=C/C(C)=C/C=C/C(C)=C/C=C/C=C(C)/C=C/C=C(C)/C=C/C1=C(C)C[C@@H](O)CC1(C)C. The molecule has 2 rings (SSSR count). The molecule has 0 aromatic rings. The van der Waals surface area contributed by atoms with E-state index in [4.69, 9.17) is 0 Å². The zero-order valence-corrected chi connectivity index (χ0v) is 27.4. The minimum atomic E-state index is -0.222. The van der Waals surface area contributed by atoms with Crippen molar-refractivity contribution in [2.75, 3.05) is 0 Å². The van der Waals surface area contributed by atoms with Crippen LogP contribution in [0.4, 0.5) is 0 Å². The molecule has 0 saturated carbocycles. The Kier molecular flexibility index (Phi) is 13.1. The highest BCUT2D eigenvalue weighted by atomic mass is 16.3. The first kappa shape index (κ1) is 34.1. The largest absolute Gasteiger partial charge is 0.393 e. The number of allylic oxidation sites excluding steroid dienone is 20. The van der Waals surface area contributed by atoms with Gasteiger partial charge in [0.25, 0.3) is 0 Å². The van der Waals surface area contributed by atoms with Gasteiger partial charge in [-0.05, 0) is 88.9 Å². The lowest BCUT2D eigenvalue weighted by atomic mass is 9.70. The monoisotopic (exact) mass is 550 g/mol. The van der Waals surface area contributed by atoms with E-state index in [9.17, 15) is 5.11 Å².